The Hall–Kier alpha value is -4.87. The van der Waals surface area contributed by atoms with E-state index in [9.17, 15) is 14.4 Å². The molecule has 44 heavy (non-hydrogen) atoms. The van der Waals surface area contributed by atoms with Crippen molar-refractivity contribution >= 4 is 17.1 Å². The smallest absolute Gasteiger partial charge is 0.333 e. The number of methoxy groups -OCH3 is 1. The van der Waals surface area contributed by atoms with Crippen LogP contribution in [0.4, 0.5) is 0 Å². The maximum absolute atomic E-state index is 14.0. The zero-order valence-electron chi connectivity index (χ0n) is 25.2. The summed E-state index contributed by atoms with van der Waals surface area (Å²) in [5.74, 6) is 1.04. The van der Waals surface area contributed by atoms with Crippen LogP contribution in [-0.2, 0) is 29.2 Å². The largest absolute Gasteiger partial charge is 0.468 e. The number of aromatic amines is 1. The van der Waals surface area contributed by atoms with Crippen molar-refractivity contribution in [2.24, 2.45) is 5.92 Å². The lowest BCUT2D eigenvalue weighted by Crippen LogP contribution is -2.43. The number of esters is 1. The molecule has 228 valence electrons. The number of nitrogens with zero attached hydrogens (tertiary/aromatic N) is 7. The topological polar surface area (TPSA) is 143 Å². The first-order valence-corrected chi connectivity index (χ1v) is 15.1. The molecule has 0 spiro atoms. The Balaban J connectivity index is 1.48. The number of benzene rings is 2. The van der Waals surface area contributed by atoms with Gasteiger partial charge in [0.25, 0.3) is 5.56 Å². The van der Waals surface area contributed by atoms with E-state index in [0.29, 0.717) is 30.1 Å². The van der Waals surface area contributed by atoms with Gasteiger partial charge in [0.05, 0.1) is 7.11 Å². The third-order valence-electron chi connectivity index (χ3n) is 8.31. The third-order valence-corrected chi connectivity index (χ3v) is 8.31. The lowest BCUT2D eigenvalue weighted by molar-refractivity contribution is -0.141. The predicted molar refractivity (Wildman–Crippen MR) is 165 cm³/mol. The quantitative estimate of drug-likeness (QED) is 0.250. The number of hydrogen-bond donors (Lipinski definition) is 1. The monoisotopic (exact) mass is 596 g/mol. The van der Waals surface area contributed by atoms with E-state index in [-0.39, 0.29) is 11.8 Å². The van der Waals surface area contributed by atoms with Gasteiger partial charge in [-0.2, -0.15) is 0 Å². The molecule has 0 atom stereocenters. The SMILES string of the molecule is COC(=O)Cn1c(=O)c2c(nc(C3CCCCC3)n2Cc2ccc(-c3ccccc3-c3nnn[nH]3)cc2)n(CC(C)C)c1=O. The van der Waals surface area contributed by atoms with Crippen LogP contribution in [0.25, 0.3) is 33.7 Å². The number of carbonyl (C=O) groups excluding carboxylic acids is 1. The molecule has 0 aliphatic heterocycles. The number of ether oxygens (including phenoxy) is 1. The van der Waals surface area contributed by atoms with Crippen LogP contribution >= 0.6 is 0 Å². The first kappa shape index (κ1) is 29.2. The van der Waals surface area contributed by atoms with Crippen LogP contribution in [0.3, 0.4) is 0 Å². The minimum atomic E-state index is -0.657. The molecule has 1 fully saturated rings. The van der Waals surface area contributed by atoms with Crippen molar-refractivity contribution < 1.29 is 9.53 Å². The van der Waals surface area contributed by atoms with Gasteiger partial charge in [-0.1, -0.05) is 81.6 Å². The summed E-state index contributed by atoms with van der Waals surface area (Å²) in [7, 11) is 1.24. The summed E-state index contributed by atoms with van der Waals surface area (Å²) in [5.41, 5.74) is 3.47. The first-order chi connectivity index (χ1) is 21.4. The van der Waals surface area contributed by atoms with Crippen LogP contribution < -0.4 is 11.2 Å². The van der Waals surface area contributed by atoms with Crippen molar-refractivity contribution in [3.8, 4) is 22.5 Å². The maximum atomic E-state index is 14.0. The van der Waals surface area contributed by atoms with Gasteiger partial charge >= 0.3 is 11.7 Å². The highest BCUT2D eigenvalue weighted by Gasteiger charge is 2.28. The van der Waals surface area contributed by atoms with Crippen LogP contribution in [0.15, 0.2) is 58.1 Å². The second-order valence-electron chi connectivity index (χ2n) is 11.8. The van der Waals surface area contributed by atoms with E-state index in [1.54, 1.807) is 4.57 Å². The summed E-state index contributed by atoms with van der Waals surface area (Å²) in [6, 6.07) is 16.1. The van der Waals surface area contributed by atoms with Gasteiger partial charge in [-0.3, -0.25) is 14.2 Å². The first-order valence-electron chi connectivity index (χ1n) is 15.1. The molecule has 3 heterocycles. The second kappa shape index (κ2) is 12.4. The van der Waals surface area contributed by atoms with Crippen molar-refractivity contribution in [2.45, 2.75) is 71.5 Å². The molecule has 0 unspecified atom stereocenters. The van der Waals surface area contributed by atoms with E-state index in [1.807, 2.05) is 66.9 Å². The molecule has 12 heteroatoms. The van der Waals surface area contributed by atoms with Gasteiger partial charge < -0.3 is 9.30 Å². The molecule has 0 bridgehead atoms. The summed E-state index contributed by atoms with van der Waals surface area (Å²) in [6.45, 7) is 4.31. The molecule has 1 N–H and O–H groups in total. The van der Waals surface area contributed by atoms with E-state index in [2.05, 4.69) is 20.6 Å². The number of imidazole rings is 1. The van der Waals surface area contributed by atoms with Gasteiger partial charge in [-0.05, 0) is 45.9 Å². The minimum absolute atomic E-state index is 0.117. The highest BCUT2D eigenvalue weighted by atomic mass is 16.5. The van der Waals surface area contributed by atoms with Gasteiger partial charge in [0.1, 0.15) is 12.4 Å². The number of tetrazole rings is 1. The van der Waals surface area contributed by atoms with E-state index in [4.69, 9.17) is 9.72 Å². The minimum Gasteiger partial charge on any atom is -0.468 e. The molecule has 0 amide bonds. The van der Waals surface area contributed by atoms with Crippen LogP contribution in [-0.4, -0.2) is 52.4 Å². The molecule has 0 radical (unpaired) electrons. The Labute approximate surface area is 253 Å². The molecular weight excluding hydrogens is 560 g/mol. The number of carbonyl (C=O) groups is 1. The van der Waals surface area contributed by atoms with E-state index in [1.165, 1.54) is 13.5 Å². The standard InChI is InChI=1S/C32H36N8O4/c1-20(2)17-39-30-27(31(42)40(32(39)43)19-26(41)44-3)38(29(33-30)23-9-5-4-6-10-23)18-21-13-15-22(16-14-21)24-11-7-8-12-25(24)28-34-36-37-35-28/h7-8,11-16,20,23H,4-6,9-10,17-19H2,1-3H3,(H,34,35,36,37). The molecule has 6 rings (SSSR count). The normalized spacial score (nSPS) is 14.0. The molecule has 3 aromatic heterocycles. The number of aromatic nitrogens is 8. The molecule has 2 aromatic carbocycles. The van der Waals surface area contributed by atoms with Gasteiger partial charge in [0.15, 0.2) is 17.0 Å². The highest BCUT2D eigenvalue weighted by molar-refractivity contribution is 5.80. The van der Waals surface area contributed by atoms with E-state index in [0.717, 1.165) is 58.3 Å². The lowest BCUT2D eigenvalue weighted by Gasteiger charge is -2.22. The van der Waals surface area contributed by atoms with Crippen LogP contribution in [0, 0.1) is 5.92 Å². The fourth-order valence-electron chi connectivity index (χ4n) is 6.19. The van der Waals surface area contributed by atoms with E-state index >= 15 is 0 Å². The van der Waals surface area contributed by atoms with Crippen molar-refractivity contribution in [1.29, 1.82) is 0 Å². The number of rotatable bonds is 9. The Morgan fingerprint density at radius 3 is 2.36 bits per heavy atom. The zero-order chi connectivity index (χ0) is 30.8. The number of H-pyrrole nitrogens is 1. The Kier molecular flexibility index (Phi) is 8.23. The van der Waals surface area contributed by atoms with Crippen LogP contribution in [0.2, 0.25) is 0 Å². The predicted octanol–water partition coefficient (Wildman–Crippen LogP) is 4.13. The number of hydrogen-bond acceptors (Lipinski definition) is 8. The molecule has 5 aromatic rings. The van der Waals surface area contributed by atoms with Gasteiger partial charge in [-0.15, -0.1) is 5.10 Å². The van der Waals surface area contributed by atoms with Gasteiger partial charge in [0, 0.05) is 24.6 Å². The van der Waals surface area contributed by atoms with Gasteiger partial charge in [-0.25, -0.2) is 19.4 Å². The average molecular weight is 597 g/mol. The molecule has 0 saturated heterocycles. The lowest BCUT2D eigenvalue weighted by atomic mass is 9.88. The molecule has 1 aliphatic carbocycles. The summed E-state index contributed by atoms with van der Waals surface area (Å²) in [4.78, 5) is 44.9. The summed E-state index contributed by atoms with van der Waals surface area (Å²) in [5, 5.41) is 14.4. The fraction of sp³-hybridized carbons (Fsp3) is 0.406. The second-order valence-corrected chi connectivity index (χ2v) is 11.8. The van der Waals surface area contributed by atoms with Crippen molar-refractivity contribution in [2.75, 3.05) is 7.11 Å². The highest BCUT2D eigenvalue weighted by Crippen LogP contribution is 2.34. The van der Waals surface area contributed by atoms with Crippen molar-refractivity contribution in [3.05, 3.63) is 80.8 Å². The third kappa shape index (κ3) is 5.59. The van der Waals surface area contributed by atoms with E-state index < -0.39 is 23.8 Å². The average Bonchev–Trinajstić information content (AvgIpc) is 3.71. The van der Waals surface area contributed by atoms with Crippen molar-refractivity contribution in [1.82, 2.24) is 39.3 Å². The molecule has 1 saturated carbocycles. The van der Waals surface area contributed by atoms with Gasteiger partial charge in [0.2, 0.25) is 0 Å². The Bertz CT molecular complexity index is 1900. The number of nitrogens with one attached hydrogen (secondary N) is 1. The summed E-state index contributed by atoms with van der Waals surface area (Å²) >= 11 is 0. The maximum Gasteiger partial charge on any atom is 0.333 e. The van der Waals surface area contributed by atoms with Crippen molar-refractivity contribution in [3.63, 3.8) is 0 Å². The number of fused-ring (bicyclic) bond motifs is 1. The fourth-order valence-corrected chi connectivity index (χ4v) is 6.19. The Morgan fingerprint density at radius 1 is 0.977 bits per heavy atom. The molecular formula is C32H36N8O4. The van der Waals surface area contributed by atoms with Crippen LogP contribution in [0.1, 0.15) is 63.3 Å². The Morgan fingerprint density at radius 2 is 1.70 bits per heavy atom. The van der Waals surface area contributed by atoms with Crippen LogP contribution in [0.5, 0.6) is 0 Å². The zero-order valence-corrected chi connectivity index (χ0v) is 25.2. The molecule has 1 aliphatic rings. The summed E-state index contributed by atoms with van der Waals surface area (Å²) in [6.07, 6.45) is 5.30. The summed E-state index contributed by atoms with van der Waals surface area (Å²) < 4.78 is 9.33. The molecule has 12 nitrogen and oxygen atoms in total.